The number of nitrogens with one attached hydrogen (secondary N) is 1. The van der Waals surface area contributed by atoms with Crippen molar-refractivity contribution in [1.82, 2.24) is 14.7 Å². The Hall–Kier alpha value is -3.64. The summed E-state index contributed by atoms with van der Waals surface area (Å²) < 4.78 is 28.3. The fourth-order valence-corrected chi connectivity index (χ4v) is 5.32. The lowest BCUT2D eigenvalue weighted by Gasteiger charge is -2.37. The highest BCUT2D eigenvalue weighted by Gasteiger charge is 2.44. The number of hydrogen-bond donors (Lipinski definition) is 1. The van der Waals surface area contributed by atoms with Gasteiger partial charge in [0.1, 0.15) is 17.3 Å². The highest BCUT2D eigenvalue weighted by Crippen LogP contribution is 2.38. The van der Waals surface area contributed by atoms with Gasteiger partial charge in [-0.25, -0.2) is 8.78 Å². The lowest BCUT2D eigenvalue weighted by atomic mass is 9.87. The summed E-state index contributed by atoms with van der Waals surface area (Å²) in [5, 5.41) is 17.6. The van der Waals surface area contributed by atoms with Gasteiger partial charge in [-0.2, -0.15) is 5.26 Å². The second-order valence-electron chi connectivity index (χ2n) is 11.0. The molecule has 2 aliphatic heterocycles. The van der Waals surface area contributed by atoms with E-state index in [1.165, 1.54) is 12.1 Å². The number of likely N-dealkylation sites (tertiary alicyclic amines) is 1. The van der Waals surface area contributed by atoms with E-state index in [4.69, 9.17) is 5.41 Å². The quantitative estimate of drug-likeness (QED) is 0.609. The van der Waals surface area contributed by atoms with E-state index in [0.29, 0.717) is 42.9 Å². The Morgan fingerprint density at radius 3 is 2.32 bits per heavy atom. The highest BCUT2D eigenvalue weighted by atomic mass is 19.1. The fourth-order valence-electron chi connectivity index (χ4n) is 5.32. The van der Waals surface area contributed by atoms with Gasteiger partial charge in [-0.3, -0.25) is 19.9 Å². The first-order valence-corrected chi connectivity index (χ1v) is 12.8. The third-order valence-corrected chi connectivity index (χ3v) is 7.59. The molecule has 7 nitrogen and oxygen atoms in total. The lowest BCUT2D eigenvalue weighted by Crippen LogP contribution is -2.54. The molecule has 2 saturated heterocycles. The standard InChI is InChI=1S/C29H33F2N5O2/c1-29(2,3)36-17-23(22-9-8-21(30)15-25(22)31)24(18-36)27(37)34-10-12-35(13-11-34)28(38)26(33)14-19-6-4-5-7-20(19)16-32/h4-9,15,23-24,33H,10-14,17-18H2,1-3H3/t23-,24+/m0/s1. The van der Waals surface area contributed by atoms with E-state index in [-0.39, 0.29) is 36.7 Å². The van der Waals surface area contributed by atoms with Gasteiger partial charge in [-0.1, -0.05) is 24.3 Å². The van der Waals surface area contributed by atoms with E-state index >= 15 is 0 Å². The summed E-state index contributed by atoms with van der Waals surface area (Å²) in [7, 11) is 0. The van der Waals surface area contributed by atoms with Crippen LogP contribution in [0.15, 0.2) is 42.5 Å². The minimum Gasteiger partial charge on any atom is -0.339 e. The van der Waals surface area contributed by atoms with Crippen molar-refractivity contribution in [2.45, 2.75) is 38.6 Å². The summed E-state index contributed by atoms with van der Waals surface area (Å²) in [5.74, 6) is -2.70. The molecule has 9 heteroatoms. The van der Waals surface area contributed by atoms with Gasteiger partial charge in [0.15, 0.2) is 0 Å². The van der Waals surface area contributed by atoms with Crippen LogP contribution in [0.25, 0.3) is 0 Å². The molecule has 0 aliphatic carbocycles. The Balaban J connectivity index is 1.43. The van der Waals surface area contributed by atoms with Crippen molar-refractivity contribution >= 4 is 17.5 Å². The predicted molar refractivity (Wildman–Crippen MR) is 140 cm³/mol. The smallest absolute Gasteiger partial charge is 0.267 e. The number of hydrogen-bond acceptors (Lipinski definition) is 5. The van der Waals surface area contributed by atoms with Crippen LogP contribution in [0.3, 0.4) is 0 Å². The molecule has 2 aromatic rings. The van der Waals surface area contributed by atoms with E-state index < -0.39 is 29.4 Å². The number of halogens is 2. The van der Waals surface area contributed by atoms with Crippen LogP contribution in [-0.4, -0.2) is 77.0 Å². The molecule has 38 heavy (non-hydrogen) atoms. The van der Waals surface area contributed by atoms with Crippen LogP contribution in [0.1, 0.15) is 43.4 Å². The van der Waals surface area contributed by atoms with E-state index in [1.54, 1.807) is 34.1 Å². The third kappa shape index (κ3) is 5.76. The SMILES string of the molecule is CC(C)(C)N1C[C@@H](C(=O)N2CCN(C(=O)C(=N)Cc3ccccc3C#N)CC2)[C@H](c2ccc(F)cc2F)C1. The fraction of sp³-hybridized carbons (Fsp3) is 0.448. The number of piperazine rings is 1. The first-order chi connectivity index (χ1) is 18.0. The number of benzene rings is 2. The van der Waals surface area contributed by atoms with Gasteiger partial charge >= 0.3 is 0 Å². The summed E-state index contributed by atoms with van der Waals surface area (Å²) in [5.41, 5.74) is 1.09. The second kappa shape index (κ2) is 11.0. The van der Waals surface area contributed by atoms with E-state index in [1.807, 2.05) is 20.8 Å². The number of carbonyl (C=O) groups excluding carboxylic acids is 2. The molecule has 4 rings (SSSR count). The molecule has 2 heterocycles. The Morgan fingerprint density at radius 1 is 1.03 bits per heavy atom. The highest BCUT2D eigenvalue weighted by molar-refractivity contribution is 6.38. The molecule has 0 bridgehead atoms. The zero-order valence-electron chi connectivity index (χ0n) is 22.0. The van der Waals surface area contributed by atoms with Crippen molar-refractivity contribution in [2.24, 2.45) is 5.92 Å². The third-order valence-electron chi connectivity index (χ3n) is 7.59. The molecular weight excluding hydrogens is 488 g/mol. The zero-order chi connectivity index (χ0) is 27.6. The minimum atomic E-state index is -0.651. The summed E-state index contributed by atoms with van der Waals surface area (Å²) in [6.07, 6.45) is 0.0668. The maximum absolute atomic E-state index is 14.8. The van der Waals surface area contributed by atoms with E-state index in [0.717, 1.165) is 6.07 Å². The van der Waals surface area contributed by atoms with Crippen molar-refractivity contribution in [2.75, 3.05) is 39.3 Å². The van der Waals surface area contributed by atoms with Gasteiger partial charge in [-0.15, -0.1) is 0 Å². The molecule has 0 aromatic heterocycles. The maximum Gasteiger partial charge on any atom is 0.267 e. The summed E-state index contributed by atoms with van der Waals surface area (Å²) in [4.78, 5) is 32.0. The number of rotatable bonds is 5. The van der Waals surface area contributed by atoms with Gasteiger partial charge in [0.25, 0.3) is 5.91 Å². The Labute approximate surface area is 222 Å². The molecule has 2 atom stereocenters. The second-order valence-corrected chi connectivity index (χ2v) is 11.0. The maximum atomic E-state index is 14.8. The van der Waals surface area contributed by atoms with Gasteiger partial charge in [0.05, 0.1) is 17.6 Å². The number of nitrogens with zero attached hydrogens (tertiary/aromatic N) is 4. The van der Waals surface area contributed by atoms with E-state index in [2.05, 4.69) is 11.0 Å². The number of amides is 2. The Bertz CT molecular complexity index is 1270. The Morgan fingerprint density at radius 2 is 1.68 bits per heavy atom. The molecule has 2 fully saturated rings. The van der Waals surface area contributed by atoms with Crippen molar-refractivity contribution in [1.29, 1.82) is 10.7 Å². The molecule has 0 radical (unpaired) electrons. The zero-order valence-corrected chi connectivity index (χ0v) is 22.0. The first-order valence-electron chi connectivity index (χ1n) is 12.8. The van der Waals surface area contributed by atoms with Crippen LogP contribution < -0.4 is 0 Å². The van der Waals surface area contributed by atoms with Gasteiger partial charge in [0.2, 0.25) is 5.91 Å². The number of nitriles is 1. The van der Waals surface area contributed by atoms with Crippen LogP contribution >= 0.6 is 0 Å². The Kier molecular flexibility index (Phi) is 7.93. The molecule has 0 spiro atoms. The van der Waals surface area contributed by atoms with Crippen molar-refractivity contribution in [3.05, 3.63) is 70.8 Å². The van der Waals surface area contributed by atoms with Crippen LogP contribution in [-0.2, 0) is 16.0 Å². The van der Waals surface area contributed by atoms with Gasteiger partial charge < -0.3 is 9.80 Å². The van der Waals surface area contributed by atoms with Crippen molar-refractivity contribution in [3.8, 4) is 6.07 Å². The summed E-state index contributed by atoms with van der Waals surface area (Å²) in [6.45, 7) is 8.31. The van der Waals surface area contributed by atoms with Crippen molar-refractivity contribution < 1.29 is 18.4 Å². The average molecular weight is 522 g/mol. The normalized spacial score (nSPS) is 20.3. The summed E-state index contributed by atoms with van der Waals surface area (Å²) >= 11 is 0. The topological polar surface area (TPSA) is 91.5 Å². The molecule has 200 valence electrons. The van der Waals surface area contributed by atoms with E-state index in [9.17, 15) is 23.6 Å². The monoisotopic (exact) mass is 521 g/mol. The molecule has 2 aliphatic rings. The first kappa shape index (κ1) is 27.4. The molecule has 0 unspecified atom stereocenters. The molecule has 0 saturated carbocycles. The molecule has 2 amide bonds. The van der Waals surface area contributed by atoms with Crippen LogP contribution in [0, 0.1) is 34.3 Å². The predicted octanol–water partition coefficient (Wildman–Crippen LogP) is 3.58. The summed E-state index contributed by atoms with van der Waals surface area (Å²) in [6, 6.07) is 12.5. The van der Waals surface area contributed by atoms with Crippen LogP contribution in [0.4, 0.5) is 8.78 Å². The molecule has 1 N–H and O–H groups in total. The largest absolute Gasteiger partial charge is 0.339 e. The van der Waals surface area contributed by atoms with Gasteiger partial charge in [0, 0.05) is 63.2 Å². The molecule has 2 aromatic carbocycles. The van der Waals surface area contributed by atoms with Crippen LogP contribution in [0.5, 0.6) is 0 Å². The van der Waals surface area contributed by atoms with Crippen molar-refractivity contribution in [3.63, 3.8) is 0 Å². The van der Waals surface area contributed by atoms with Gasteiger partial charge in [-0.05, 0) is 44.0 Å². The minimum absolute atomic E-state index is 0.0668. The lowest BCUT2D eigenvalue weighted by molar-refractivity contribution is -0.140. The van der Waals surface area contributed by atoms with Crippen LogP contribution in [0.2, 0.25) is 0 Å². The number of carbonyl (C=O) groups is 2. The average Bonchev–Trinajstić information content (AvgIpc) is 3.34. The molecular formula is C29H33F2N5O2.